The molecule has 10 heteroatoms. The summed E-state index contributed by atoms with van der Waals surface area (Å²) in [6.45, 7) is 4.44. The standard InChI is InChI=1S/C19H21F6N3O/c1-10(2)9-18(3,26)19(24,25)29-14-5-4-12(28-15(14)17(22)23)11-6-7-27-13(8-11)16(20)21/h4-8,10,16-17H,9,26H2,1-3H3. The van der Waals surface area contributed by atoms with Gasteiger partial charge < -0.3 is 10.5 Å². The van der Waals surface area contributed by atoms with Gasteiger partial charge in [-0.2, -0.15) is 8.78 Å². The molecule has 0 aliphatic carbocycles. The van der Waals surface area contributed by atoms with Gasteiger partial charge >= 0.3 is 6.11 Å². The normalized spacial score (nSPS) is 14.5. The summed E-state index contributed by atoms with van der Waals surface area (Å²) in [7, 11) is 0. The van der Waals surface area contributed by atoms with Gasteiger partial charge in [-0.15, -0.1) is 0 Å². The zero-order valence-corrected chi connectivity index (χ0v) is 16.0. The van der Waals surface area contributed by atoms with E-state index >= 15 is 0 Å². The molecule has 2 aromatic heterocycles. The first kappa shape index (κ1) is 22.9. The summed E-state index contributed by atoms with van der Waals surface area (Å²) in [5.74, 6) is -1.03. The number of alkyl halides is 6. The highest BCUT2D eigenvalue weighted by Gasteiger charge is 2.51. The van der Waals surface area contributed by atoms with Crippen LogP contribution in [0.2, 0.25) is 0 Å². The van der Waals surface area contributed by atoms with E-state index in [0.717, 1.165) is 31.3 Å². The monoisotopic (exact) mass is 421 g/mol. The molecule has 1 unspecified atom stereocenters. The van der Waals surface area contributed by atoms with E-state index in [4.69, 9.17) is 5.73 Å². The molecule has 0 aliphatic heterocycles. The molecule has 29 heavy (non-hydrogen) atoms. The van der Waals surface area contributed by atoms with Crippen LogP contribution in [0, 0.1) is 5.92 Å². The lowest BCUT2D eigenvalue weighted by Crippen LogP contribution is -2.57. The predicted molar refractivity (Wildman–Crippen MR) is 95.0 cm³/mol. The minimum absolute atomic E-state index is 0.0824. The van der Waals surface area contributed by atoms with Gasteiger partial charge in [0.2, 0.25) is 0 Å². The van der Waals surface area contributed by atoms with Crippen LogP contribution in [0.5, 0.6) is 5.75 Å². The molecular weight excluding hydrogens is 400 g/mol. The third kappa shape index (κ3) is 5.37. The number of rotatable bonds is 8. The summed E-state index contributed by atoms with van der Waals surface area (Å²) in [6, 6.07) is 4.29. The molecule has 0 spiro atoms. The van der Waals surface area contributed by atoms with Crippen LogP contribution in [0.25, 0.3) is 11.3 Å². The number of hydrogen-bond acceptors (Lipinski definition) is 4. The Labute approximate surface area is 164 Å². The summed E-state index contributed by atoms with van der Waals surface area (Å²) in [6.07, 6.45) is -9.11. The zero-order chi connectivity index (χ0) is 22.0. The second-order valence-electron chi connectivity index (χ2n) is 7.28. The van der Waals surface area contributed by atoms with E-state index < -0.39 is 41.6 Å². The minimum atomic E-state index is -3.95. The summed E-state index contributed by atoms with van der Waals surface area (Å²) in [5, 5.41) is 0. The molecule has 2 aromatic rings. The van der Waals surface area contributed by atoms with Crippen LogP contribution >= 0.6 is 0 Å². The van der Waals surface area contributed by atoms with Gasteiger partial charge in [0.15, 0.2) is 5.75 Å². The second kappa shape index (κ2) is 8.56. The number of hydrogen-bond donors (Lipinski definition) is 1. The van der Waals surface area contributed by atoms with Crippen LogP contribution in [-0.2, 0) is 0 Å². The highest BCUT2D eigenvalue weighted by atomic mass is 19.3. The summed E-state index contributed by atoms with van der Waals surface area (Å²) >= 11 is 0. The molecule has 0 saturated heterocycles. The lowest BCUT2D eigenvalue weighted by atomic mass is 9.90. The number of nitrogens with two attached hydrogens (primary N) is 1. The van der Waals surface area contributed by atoms with E-state index in [2.05, 4.69) is 14.7 Å². The first-order chi connectivity index (χ1) is 13.3. The highest BCUT2D eigenvalue weighted by molar-refractivity contribution is 5.60. The van der Waals surface area contributed by atoms with Crippen molar-refractivity contribution in [2.75, 3.05) is 0 Å². The van der Waals surface area contributed by atoms with E-state index in [1.807, 2.05) is 0 Å². The van der Waals surface area contributed by atoms with Crippen molar-refractivity contribution < 1.29 is 31.1 Å². The van der Waals surface area contributed by atoms with E-state index in [1.165, 1.54) is 6.07 Å². The van der Waals surface area contributed by atoms with Crippen LogP contribution in [-0.4, -0.2) is 21.6 Å². The zero-order valence-electron chi connectivity index (χ0n) is 16.0. The first-order valence-corrected chi connectivity index (χ1v) is 8.73. The smallest absolute Gasteiger partial charge is 0.416 e. The number of aromatic nitrogens is 2. The van der Waals surface area contributed by atoms with E-state index in [9.17, 15) is 26.3 Å². The van der Waals surface area contributed by atoms with Gasteiger partial charge in [-0.05, 0) is 43.5 Å². The number of pyridine rings is 2. The average molecular weight is 421 g/mol. The Morgan fingerprint density at radius 2 is 1.72 bits per heavy atom. The van der Waals surface area contributed by atoms with Crippen molar-refractivity contribution in [3.8, 4) is 17.0 Å². The molecule has 2 N–H and O–H groups in total. The summed E-state index contributed by atoms with van der Waals surface area (Å²) in [4.78, 5) is 7.12. The quantitative estimate of drug-likeness (QED) is 0.551. The third-order valence-electron chi connectivity index (χ3n) is 4.13. The highest BCUT2D eigenvalue weighted by Crippen LogP contribution is 2.38. The van der Waals surface area contributed by atoms with Gasteiger partial charge in [0.05, 0.1) is 5.69 Å². The fourth-order valence-corrected chi connectivity index (χ4v) is 2.81. The second-order valence-corrected chi connectivity index (χ2v) is 7.28. The van der Waals surface area contributed by atoms with Gasteiger partial charge in [-0.1, -0.05) is 13.8 Å². The van der Waals surface area contributed by atoms with Crippen molar-refractivity contribution in [1.29, 1.82) is 0 Å². The molecule has 2 rings (SSSR count). The molecule has 0 aromatic carbocycles. The van der Waals surface area contributed by atoms with Gasteiger partial charge in [0.25, 0.3) is 12.9 Å². The van der Waals surface area contributed by atoms with Crippen LogP contribution in [0.1, 0.15) is 51.4 Å². The SMILES string of the molecule is CC(C)CC(C)(N)C(F)(F)Oc1ccc(-c2ccnc(C(F)F)c2)nc1C(F)F. The predicted octanol–water partition coefficient (Wildman–Crippen LogP) is 5.75. The lowest BCUT2D eigenvalue weighted by Gasteiger charge is -2.34. The molecule has 1 atom stereocenters. The van der Waals surface area contributed by atoms with Crippen molar-refractivity contribution in [2.24, 2.45) is 11.7 Å². The molecule has 0 saturated carbocycles. The van der Waals surface area contributed by atoms with Crippen LogP contribution in [0.4, 0.5) is 26.3 Å². The molecule has 0 fully saturated rings. The Morgan fingerprint density at radius 1 is 1.07 bits per heavy atom. The Bertz CT molecular complexity index is 842. The van der Waals surface area contributed by atoms with Gasteiger partial charge in [-0.3, -0.25) is 4.98 Å². The fraction of sp³-hybridized carbons (Fsp3) is 0.474. The van der Waals surface area contributed by atoms with Crippen molar-refractivity contribution >= 4 is 0 Å². The maximum Gasteiger partial charge on any atom is 0.416 e. The fourth-order valence-electron chi connectivity index (χ4n) is 2.81. The molecule has 2 heterocycles. The van der Waals surface area contributed by atoms with Crippen LogP contribution in [0.15, 0.2) is 30.5 Å². The van der Waals surface area contributed by atoms with Crippen molar-refractivity contribution in [3.63, 3.8) is 0 Å². The minimum Gasteiger partial charge on any atom is -0.429 e. The number of ether oxygens (including phenoxy) is 1. The van der Waals surface area contributed by atoms with Gasteiger partial charge in [0, 0.05) is 11.8 Å². The Morgan fingerprint density at radius 3 is 2.28 bits per heavy atom. The van der Waals surface area contributed by atoms with Crippen LogP contribution < -0.4 is 10.5 Å². The first-order valence-electron chi connectivity index (χ1n) is 8.73. The lowest BCUT2D eigenvalue weighted by molar-refractivity contribution is -0.225. The Hall–Kier alpha value is -2.36. The molecule has 160 valence electrons. The summed E-state index contributed by atoms with van der Waals surface area (Å²) in [5.41, 5.74) is 1.92. The Kier molecular flexibility index (Phi) is 6.77. The Balaban J connectivity index is 2.41. The molecule has 4 nitrogen and oxygen atoms in total. The van der Waals surface area contributed by atoms with E-state index in [0.29, 0.717) is 0 Å². The summed E-state index contributed by atoms with van der Waals surface area (Å²) < 4.78 is 86.2. The van der Waals surface area contributed by atoms with Gasteiger partial charge in [-0.25, -0.2) is 22.5 Å². The average Bonchev–Trinajstić information content (AvgIpc) is 2.60. The van der Waals surface area contributed by atoms with Crippen molar-refractivity contribution in [1.82, 2.24) is 9.97 Å². The largest absolute Gasteiger partial charge is 0.429 e. The van der Waals surface area contributed by atoms with Gasteiger partial charge in [0.1, 0.15) is 16.9 Å². The van der Waals surface area contributed by atoms with E-state index in [1.54, 1.807) is 13.8 Å². The van der Waals surface area contributed by atoms with E-state index in [-0.39, 0.29) is 23.6 Å². The molecule has 0 amide bonds. The van der Waals surface area contributed by atoms with Crippen molar-refractivity contribution in [3.05, 3.63) is 41.9 Å². The van der Waals surface area contributed by atoms with Crippen LogP contribution in [0.3, 0.4) is 0 Å². The third-order valence-corrected chi connectivity index (χ3v) is 4.13. The number of halogens is 6. The molecule has 0 aliphatic rings. The maximum atomic E-state index is 14.5. The maximum absolute atomic E-state index is 14.5. The number of nitrogens with zero attached hydrogens (tertiary/aromatic N) is 2. The molecule has 0 bridgehead atoms. The topological polar surface area (TPSA) is 61.0 Å². The molecule has 0 radical (unpaired) electrons. The van der Waals surface area contributed by atoms with Crippen molar-refractivity contribution in [2.45, 2.75) is 51.7 Å². The molecular formula is C19H21F6N3O.